The lowest BCUT2D eigenvalue weighted by Crippen LogP contribution is -2.32. The van der Waals surface area contributed by atoms with Gasteiger partial charge in [-0.3, -0.25) is 9.59 Å². The van der Waals surface area contributed by atoms with Gasteiger partial charge >= 0.3 is 5.97 Å². The third-order valence-electron chi connectivity index (χ3n) is 2.20. The number of carbonyl (C=O) groups is 2. The van der Waals surface area contributed by atoms with E-state index in [9.17, 15) is 14.0 Å². The molecule has 4 nitrogen and oxygen atoms in total. The molecule has 0 aliphatic carbocycles. The quantitative estimate of drug-likeness (QED) is 0.752. The lowest BCUT2D eigenvalue weighted by Gasteiger charge is -2.06. The monoisotopic (exact) mass is 225 g/mol. The lowest BCUT2D eigenvalue weighted by atomic mass is 10.0. The van der Waals surface area contributed by atoms with Crippen molar-refractivity contribution < 1.29 is 19.1 Å². The molecule has 0 amide bonds. The minimum atomic E-state index is -1.23. The van der Waals surface area contributed by atoms with Crippen molar-refractivity contribution in [3.05, 3.63) is 35.1 Å². The van der Waals surface area contributed by atoms with Gasteiger partial charge in [-0.25, -0.2) is 4.39 Å². The smallest absolute Gasteiger partial charge is 0.320 e. The van der Waals surface area contributed by atoms with Crippen LogP contribution in [-0.2, 0) is 4.79 Å². The highest BCUT2D eigenvalue weighted by Crippen LogP contribution is 2.11. The molecule has 1 aromatic carbocycles. The molecule has 0 fully saturated rings. The second-order valence-electron chi connectivity index (χ2n) is 3.54. The van der Waals surface area contributed by atoms with Crippen molar-refractivity contribution in [3.63, 3.8) is 0 Å². The highest BCUT2D eigenvalue weighted by atomic mass is 19.1. The number of rotatable bonds is 4. The van der Waals surface area contributed by atoms with E-state index in [1.54, 1.807) is 0 Å². The third kappa shape index (κ3) is 2.87. The van der Waals surface area contributed by atoms with Gasteiger partial charge in [-0.05, 0) is 30.7 Å². The molecular weight excluding hydrogens is 213 g/mol. The predicted molar refractivity (Wildman–Crippen MR) is 55.7 cm³/mol. The Hall–Kier alpha value is -1.75. The Labute approximate surface area is 91.9 Å². The number of hydrogen-bond donors (Lipinski definition) is 2. The molecular formula is C11H12FNO3. The molecule has 0 spiro atoms. The average Bonchev–Trinajstić information content (AvgIpc) is 2.21. The van der Waals surface area contributed by atoms with Crippen molar-refractivity contribution in [1.82, 2.24) is 0 Å². The first kappa shape index (κ1) is 12.3. The van der Waals surface area contributed by atoms with Gasteiger partial charge < -0.3 is 10.8 Å². The molecule has 0 heterocycles. The molecule has 0 aromatic heterocycles. The van der Waals surface area contributed by atoms with E-state index in [0.29, 0.717) is 5.56 Å². The fourth-order valence-electron chi connectivity index (χ4n) is 1.22. The Morgan fingerprint density at radius 3 is 2.62 bits per heavy atom. The van der Waals surface area contributed by atoms with E-state index in [4.69, 9.17) is 10.8 Å². The topological polar surface area (TPSA) is 80.4 Å². The first-order valence-electron chi connectivity index (χ1n) is 4.69. The van der Waals surface area contributed by atoms with Crippen molar-refractivity contribution in [2.24, 2.45) is 5.73 Å². The van der Waals surface area contributed by atoms with Crippen LogP contribution in [0.3, 0.4) is 0 Å². The molecule has 1 atom stereocenters. The molecule has 0 radical (unpaired) electrons. The Bertz CT molecular complexity index is 431. The summed E-state index contributed by atoms with van der Waals surface area (Å²) in [6.45, 7) is 1.53. The summed E-state index contributed by atoms with van der Waals surface area (Å²) in [6.07, 6.45) is -0.291. The van der Waals surface area contributed by atoms with E-state index >= 15 is 0 Å². The Balaban J connectivity index is 2.81. The SMILES string of the molecule is Cc1cc(C(=O)CC(N)C(=O)O)ccc1F. The van der Waals surface area contributed by atoms with Gasteiger partial charge in [0.15, 0.2) is 5.78 Å². The van der Waals surface area contributed by atoms with Crippen LogP contribution in [-0.4, -0.2) is 22.9 Å². The Morgan fingerprint density at radius 1 is 1.50 bits per heavy atom. The third-order valence-corrected chi connectivity index (χ3v) is 2.20. The maximum atomic E-state index is 12.9. The van der Waals surface area contributed by atoms with E-state index < -0.39 is 23.6 Å². The van der Waals surface area contributed by atoms with Crippen LogP contribution < -0.4 is 5.73 Å². The molecule has 0 aliphatic heterocycles. The van der Waals surface area contributed by atoms with Crippen molar-refractivity contribution in [2.45, 2.75) is 19.4 Å². The van der Waals surface area contributed by atoms with Crippen LogP contribution in [0.15, 0.2) is 18.2 Å². The van der Waals surface area contributed by atoms with E-state index in [1.807, 2.05) is 0 Å². The number of carboxylic acid groups (broad SMARTS) is 1. The first-order valence-corrected chi connectivity index (χ1v) is 4.69. The number of Topliss-reactive ketones (excluding diaryl/α,β-unsaturated/α-hetero) is 1. The normalized spacial score (nSPS) is 12.2. The zero-order valence-corrected chi connectivity index (χ0v) is 8.74. The van der Waals surface area contributed by atoms with E-state index in [-0.39, 0.29) is 12.0 Å². The van der Waals surface area contributed by atoms with Crippen molar-refractivity contribution in [1.29, 1.82) is 0 Å². The standard InChI is InChI=1S/C11H12FNO3/c1-6-4-7(2-3-8(6)12)10(14)5-9(13)11(15)16/h2-4,9H,5,13H2,1H3,(H,15,16). The van der Waals surface area contributed by atoms with Gasteiger partial charge in [-0.2, -0.15) is 0 Å². The zero-order chi connectivity index (χ0) is 12.3. The van der Waals surface area contributed by atoms with Crippen LogP contribution in [0.4, 0.5) is 4.39 Å². The molecule has 3 N–H and O–H groups in total. The van der Waals surface area contributed by atoms with Crippen LogP contribution in [0.5, 0.6) is 0 Å². The minimum absolute atomic E-state index is 0.274. The molecule has 0 saturated carbocycles. The van der Waals surface area contributed by atoms with Crippen LogP contribution in [0.1, 0.15) is 22.3 Å². The first-order chi connectivity index (χ1) is 7.41. The number of hydrogen-bond acceptors (Lipinski definition) is 3. The summed E-state index contributed by atoms with van der Waals surface area (Å²) in [5.74, 6) is -2.04. The van der Waals surface area contributed by atoms with Gasteiger partial charge in [0, 0.05) is 12.0 Å². The van der Waals surface area contributed by atoms with Crippen LogP contribution in [0.2, 0.25) is 0 Å². The molecule has 0 aliphatic rings. The molecule has 1 rings (SSSR count). The Morgan fingerprint density at radius 2 is 2.12 bits per heavy atom. The summed E-state index contributed by atoms with van der Waals surface area (Å²) < 4.78 is 12.9. The van der Waals surface area contributed by atoms with Crippen molar-refractivity contribution in [2.75, 3.05) is 0 Å². The lowest BCUT2D eigenvalue weighted by molar-refractivity contribution is -0.138. The van der Waals surface area contributed by atoms with E-state index in [2.05, 4.69) is 0 Å². The summed E-state index contributed by atoms with van der Waals surface area (Å²) in [5.41, 5.74) is 5.84. The molecule has 0 saturated heterocycles. The maximum absolute atomic E-state index is 12.9. The largest absolute Gasteiger partial charge is 0.480 e. The Kier molecular flexibility index (Phi) is 3.73. The number of nitrogens with two attached hydrogens (primary N) is 1. The van der Waals surface area contributed by atoms with Gasteiger partial charge in [0.05, 0.1) is 0 Å². The van der Waals surface area contributed by atoms with Crippen molar-refractivity contribution in [3.8, 4) is 0 Å². The molecule has 5 heteroatoms. The number of carbonyl (C=O) groups excluding carboxylic acids is 1. The van der Waals surface area contributed by atoms with Crippen molar-refractivity contribution >= 4 is 11.8 Å². The number of carboxylic acids is 1. The predicted octanol–water partition coefficient (Wildman–Crippen LogP) is 1.12. The van der Waals surface area contributed by atoms with Crippen LogP contribution in [0, 0.1) is 12.7 Å². The molecule has 1 aromatic rings. The summed E-state index contributed by atoms with van der Waals surface area (Å²) in [7, 11) is 0. The molecule has 86 valence electrons. The number of benzene rings is 1. The van der Waals surface area contributed by atoms with E-state index in [0.717, 1.165) is 0 Å². The van der Waals surface area contributed by atoms with Crippen LogP contribution >= 0.6 is 0 Å². The number of halogens is 1. The van der Waals surface area contributed by atoms with Gasteiger partial charge in [0.25, 0.3) is 0 Å². The highest BCUT2D eigenvalue weighted by molar-refractivity contribution is 5.98. The highest BCUT2D eigenvalue weighted by Gasteiger charge is 2.17. The summed E-state index contributed by atoms with van der Waals surface area (Å²) >= 11 is 0. The van der Waals surface area contributed by atoms with Crippen LogP contribution in [0.25, 0.3) is 0 Å². The number of aryl methyl sites for hydroxylation is 1. The summed E-state index contributed by atoms with van der Waals surface area (Å²) in [4.78, 5) is 22.0. The van der Waals surface area contributed by atoms with Gasteiger partial charge in [0.2, 0.25) is 0 Å². The fourth-order valence-corrected chi connectivity index (χ4v) is 1.22. The summed E-state index contributed by atoms with van der Waals surface area (Å²) in [6, 6.07) is 2.65. The van der Waals surface area contributed by atoms with Gasteiger partial charge in [-0.1, -0.05) is 0 Å². The number of ketones is 1. The summed E-state index contributed by atoms with van der Waals surface area (Å²) in [5, 5.41) is 8.54. The zero-order valence-electron chi connectivity index (χ0n) is 8.74. The average molecular weight is 225 g/mol. The molecule has 1 unspecified atom stereocenters. The second-order valence-corrected chi connectivity index (χ2v) is 3.54. The minimum Gasteiger partial charge on any atom is -0.480 e. The van der Waals surface area contributed by atoms with Gasteiger partial charge in [0.1, 0.15) is 11.9 Å². The molecule has 16 heavy (non-hydrogen) atoms. The number of aliphatic carboxylic acids is 1. The maximum Gasteiger partial charge on any atom is 0.320 e. The van der Waals surface area contributed by atoms with Gasteiger partial charge in [-0.15, -0.1) is 0 Å². The second kappa shape index (κ2) is 4.85. The molecule has 0 bridgehead atoms. The van der Waals surface area contributed by atoms with E-state index in [1.165, 1.54) is 25.1 Å². The fraction of sp³-hybridized carbons (Fsp3) is 0.273.